The number of hydrogen-bond donors (Lipinski definition) is 0. The first-order chi connectivity index (χ1) is 6.25. The third kappa shape index (κ3) is 1.75. The van der Waals surface area contributed by atoms with E-state index in [0.717, 1.165) is 16.4 Å². The van der Waals surface area contributed by atoms with Crippen molar-refractivity contribution in [1.82, 2.24) is 4.98 Å². The maximum Gasteiger partial charge on any atom is 0.210 e. The van der Waals surface area contributed by atoms with Crippen molar-refractivity contribution in [2.45, 2.75) is 13.8 Å². The number of aromatic nitrogens is 1. The second kappa shape index (κ2) is 3.26. The minimum Gasteiger partial charge on any atom is -0.229 e. The number of rotatable bonds is 1. The van der Waals surface area contributed by atoms with Gasteiger partial charge in [0.1, 0.15) is 0 Å². The summed E-state index contributed by atoms with van der Waals surface area (Å²) in [5.41, 5.74) is 2.08. The second-order valence-corrected chi connectivity index (χ2v) is 4.03. The van der Waals surface area contributed by atoms with E-state index >= 15 is 0 Å². The van der Waals surface area contributed by atoms with Crippen molar-refractivity contribution in [3.8, 4) is 0 Å². The zero-order valence-electron chi connectivity index (χ0n) is 7.61. The molecule has 13 heavy (non-hydrogen) atoms. The van der Waals surface area contributed by atoms with Gasteiger partial charge in [0.15, 0.2) is 0 Å². The van der Waals surface area contributed by atoms with Crippen LogP contribution in [0.1, 0.15) is 13.8 Å². The van der Waals surface area contributed by atoms with Crippen LogP contribution in [0.15, 0.2) is 29.3 Å². The fraction of sp³-hybridized carbons (Fsp3) is 0.200. The summed E-state index contributed by atoms with van der Waals surface area (Å²) in [4.78, 5) is 8.70. The minimum absolute atomic E-state index is 0.848. The Morgan fingerprint density at radius 1 is 1.31 bits per heavy atom. The van der Waals surface area contributed by atoms with Crippen molar-refractivity contribution in [1.29, 1.82) is 0 Å². The third-order valence-corrected chi connectivity index (χ3v) is 2.53. The minimum atomic E-state index is 0.848. The first-order valence-corrected chi connectivity index (χ1v) is 4.95. The highest BCUT2D eigenvalue weighted by molar-refractivity contribution is 7.22. The smallest absolute Gasteiger partial charge is 0.210 e. The second-order valence-electron chi connectivity index (χ2n) is 3.02. The van der Waals surface area contributed by atoms with Crippen LogP contribution >= 0.6 is 11.3 Å². The van der Waals surface area contributed by atoms with Crippen molar-refractivity contribution in [3.05, 3.63) is 24.3 Å². The van der Waals surface area contributed by atoms with E-state index in [1.165, 1.54) is 4.70 Å². The number of benzene rings is 1. The molecule has 0 amide bonds. The lowest BCUT2D eigenvalue weighted by Crippen LogP contribution is -1.76. The van der Waals surface area contributed by atoms with Crippen LogP contribution in [0, 0.1) is 0 Å². The molecule has 2 aromatic rings. The Balaban J connectivity index is 2.56. The van der Waals surface area contributed by atoms with Crippen molar-refractivity contribution in [2.75, 3.05) is 0 Å². The molecule has 0 aliphatic rings. The number of para-hydroxylation sites is 1. The largest absolute Gasteiger partial charge is 0.229 e. The van der Waals surface area contributed by atoms with Gasteiger partial charge in [0, 0.05) is 5.71 Å². The molecule has 2 nitrogen and oxygen atoms in total. The summed E-state index contributed by atoms with van der Waals surface area (Å²) in [6, 6.07) is 8.09. The van der Waals surface area contributed by atoms with Gasteiger partial charge in [-0.15, -0.1) is 0 Å². The lowest BCUT2D eigenvalue weighted by atomic mass is 10.3. The van der Waals surface area contributed by atoms with Crippen molar-refractivity contribution >= 4 is 32.4 Å². The lowest BCUT2D eigenvalue weighted by Gasteiger charge is -1.83. The highest BCUT2D eigenvalue weighted by Gasteiger charge is 1.99. The van der Waals surface area contributed by atoms with Crippen molar-refractivity contribution < 1.29 is 0 Å². The third-order valence-electron chi connectivity index (χ3n) is 1.60. The van der Waals surface area contributed by atoms with Gasteiger partial charge in [0.25, 0.3) is 0 Å². The summed E-state index contributed by atoms with van der Waals surface area (Å²) in [7, 11) is 0. The number of hydrogen-bond acceptors (Lipinski definition) is 3. The zero-order valence-corrected chi connectivity index (χ0v) is 8.43. The van der Waals surface area contributed by atoms with Crippen molar-refractivity contribution in [2.24, 2.45) is 4.99 Å². The molecule has 0 aliphatic heterocycles. The summed E-state index contributed by atoms with van der Waals surface area (Å²) in [5.74, 6) is 0. The Hall–Kier alpha value is -1.22. The van der Waals surface area contributed by atoms with Crippen LogP contribution in [0.2, 0.25) is 0 Å². The maximum atomic E-state index is 4.38. The molecular formula is C10H10N2S. The Morgan fingerprint density at radius 3 is 2.77 bits per heavy atom. The summed E-state index contributed by atoms with van der Waals surface area (Å²) < 4.78 is 1.20. The fourth-order valence-corrected chi connectivity index (χ4v) is 2.03. The van der Waals surface area contributed by atoms with Gasteiger partial charge in [-0.1, -0.05) is 23.5 Å². The predicted octanol–water partition coefficient (Wildman–Crippen LogP) is 3.41. The van der Waals surface area contributed by atoms with Crippen molar-refractivity contribution in [3.63, 3.8) is 0 Å². The van der Waals surface area contributed by atoms with E-state index in [-0.39, 0.29) is 0 Å². The summed E-state index contributed by atoms with van der Waals surface area (Å²) >= 11 is 1.63. The molecule has 0 saturated heterocycles. The summed E-state index contributed by atoms with van der Waals surface area (Å²) in [6.45, 7) is 3.96. The number of aliphatic imine (C=N–C) groups is 1. The number of fused-ring (bicyclic) bond motifs is 1. The highest BCUT2D eigenvalue weighted by Crippen LogP contribution is 2.27. The van der Waals surface area contributed by atoms with E-state index in [0.29, 0.717) is 0 Å². The van der Waals surface area contributed by atoms with Crippen LogP contribution in [0.3, 0.4) is 0 Å². The maximum absolute atomic E-state index is 4.38. The van der Waals surface area contributed by atoms with Gasteiger partial charge < -0.3 is 0 Å². The van der Waals surface area contributed by atoms with E-state index in [1.54, 1.807) is 11.3 Å². The van der Waals surface area contributed by atoms with Crippen LogP contribution < -0.4 is 0 Å². The van der Waals surface area contributed by atoms with Gasteiger partial charge in [-0.25, -0.2) is 9.98 Å². The Morgan fingerprint density at radius 2 is 2.08 bits per heavy atom. The monoisotopic (exact) mass is 190 g/mol. The van der Waals surface area contributed by atoms with Gasteiger partial charge in [-0.3, -0.25) is 0 Å². The molecule has 0 fully saturated rings. The zero-order chi connectivity index (χ0) is 9.26. The Labute approximate surface area is 81.0 Å². The molecule has 1 aromatic carbocycles. The van der Waals surface area contributed by atoms with E-state index in [4.69, 9.17) is 0 Å². The molecule has 2 rings (SSSR count). The molecule has 0 N–H and O–H groups in total. The molecule has 0 atom stereocenters. The van der Waals surface area contributed by atoms with Crippen LogP contribution in [0.4, 0.5) is 5.13 Å². The Kier molecular flexibility index (Phi) is 2.10. The number of thiazole rings is 1. The van der Waals surface area contributed by atoms with Crippen LogP contribution in [-0.4, -0.2) is 10.7 Å². The van der Waals surface area contributed by atoms with Gasteiger partial charge in [-0.05, 0) is 26.0 Å². The predicted molar refractivity (Wildman–Crippen MR) is 58.1 cm³/mol. The van der Waals surface area contributed by atoms with E-state index < -0.39 is 0 Å². The lowest BCUT2D eigenvalue weighted by molar-refractivity contribution is 1.39. The topological polar surface area (TPSA) is 25.2 Å². The van der Waals surface area contributed by atoms with E-state index in [9.17, 15) is 0 Å². The fourth-order valence-electron chi connectivity index (χ4n) is 1.10. The summed E-state index contributed by atoms with van der Waals surface area (Å²) in [5, 5.41) is 0.848. The van der Waals surface area contributed by atoms with Crippen LogP contribution in [-0.2, 0) is 0 Å². The molecule has 0 saturated carbocycles. The quantitative estimate of drug-likeness (QED) is 0.632. The highest BCUT2D eigenvalue weighted by atomic mass is 32.1. The molecule has 66 valence electrons. The van der Waals surface area contributed by atoms with Gasteiger partial charge in [-0.2, -0.15) is 0 Å². The molecule has 0 unspecified atom stereocenters. The van der Waals surface area contributed by atoms with Gasteiger partial charge >= 0.3 is 0 Å². The average molecular weight is 190 g/mol. The molecule has 0 radical (unpaired) electrons. The molecular weight excluding hydrogens is 180 g/mol. The van der Waals surface area contributed by atoms with Crippen LogP contribution in [0.25, 0.3) is 10.2 Å². The molecule has 3 heteroatoms. The SMILES string of the molecule is CC(C)=Nc1nc2ccccc2s1. The molecule has 0 spiro atoms. The first-order valence-electron chi connectivity index (χ1n) is 4.13. The molecule has 1 heterocycles. The first kappa shape index (κ1) is 8.38. The molecule has 1 aromatic heterocycles. The molecule has 0 aliphatic carbocycles. The van der Waals surface area contributed by atoms with Gasteiger partial charge in [0.05, 0.1) is 10.2 Å². The van der Waals surface area contributed by atoms with Crippen LogP contribution in [0.5, 0.6) is 0 Å². The van der Waals surface area contributed by atoms with E-state index in [2.05, 4.69) is 16.0 Å². The molecule has 0 bridgehead atoms. The standard InChI is InChI=1S/C10H10N2S/c1-7(2)11-10-12-8-5-3-4-6-9(8)13-10/h3-6H,1-2H3. The normalized spacial score (nSPS) is 10.3. The number of nitrogens with zero attached hydrogens (tertiary/aromatic N) is 2. The summed E-state index contributed by atoms with van der Waals surface area (Å²) in [6.07, 6.45) is 0. The Bertz CT molecular complexity index is 420. The van der Waals surface area contributed by atoms with E-state index in [1.807, 2.05) is 32.0 Å². The van der Waals surface area contributed by atoms with Gasteiger partial charge in [0.2, 0.25) is 5.13 Å². The average Bonchev–Trinajstić information content (AvgIpc) is 2.44.